The number of hydrogen-bond acceptors (Lipinski definition) is 2. The largest absolute Gasteiger partial charge is 0.370 e. The van der Waals surface area contributed by atoms with Crippen LogP contribution in [-0.2, 0) is 4.79 Å². The summed E-state index contributed by atoms with van der Waals surface area (Å²) in [6.45, 7) is 3.60. The Hall–Kier alpha value is -2.57. The van der Waals surface area contributed by atoms with Gasteiger partial charge in [-0.3, -0.25) is 4.79 Å². The molecule has 1 amide bonds. The van der Waals surface area contributed by atoms with E-state index in [4.69, 9.17) is 17.2 Å². The van der Waals surface area contributed by atoms with Crippen molar-refractivity contribution in [1.29, 1.82) is 0 Å². The van der Waals surface area contributed by atoms with Gasteiger partial charge in [-0.05, 0) is 12.1 Å². The Balaban J connectivity index is 3.03. The number of amides is 1. The molecule has 0 atom stereocenters. The van der Waals surface area contributed by atoms with Gasteiger partial charge >= 0.3 is 0 Å². The first-order chi connectivity index (χ1) is 8.90. The number of rotatable bonds is 3. The van der Waals surface area contributed by atoms with Gasteiger partial charge in [-0.25, -0.2) is 4.99 Å². The predicted molar refractivity (Wildman–Crippen MR) is 77.0 cm³/mol. The zero-order valence-corrected chi connectivity index (χ0v) is 10.9. The third-order valence-corrected chi connectivity index (χ3v) is 2.16. The van der Waals surface area contributed by atoms with Gasteiger partial charge in [-0.1, -0.05) is 26.0 Å². The number of hydrogen-bond donors (Lipinski definition) is 4. The van der Waals surface area contributed by atoms with Gasteiger partial charge in [0.25, 0.3) is 0 Å². The van der Waals surface area contributed by atoms with Crippen LogP contribution in [0.5, 0.6) is 0 Å². The van der Waals surface area contributed by atoms with E-state index < -0.39 is 0 Å². The van der Waals surface area contributed by atoms with Crippen LogP contribution in [0.4, 0.5) is 11.4 Å². The van der Waals surface area contributed by atoms with Crippen LogP contribution in [0.15, 0.2) is 34.3 Å². The van der Waals surface area contributed by atoms with Gasteiger partial charge in [0.1, 0.15) is 0 Å². The van der Waals surface area contributed by atoms with Gasteiger partial charge in [0.05, 0.1) is 11.4 Å². The average molecular weight is 262 g/mol. The summed E-state index contributed by atoms with van der Waals surface area (Å²) >= 11 is 0. The molecule has 1 aromatic rings. The van der Waals surface area contributed by atoms with Crippen molar-refractivity contribution in [3.05, 3.63) is 24.3 Å². The smallest absolute Gasteiger partial charge is 0.226 e. The van der Waals surface area contributed by atoms with Crippen molar-refractivity contribution in [3.63, 3.8) is 0 Å². The highest BCUT2D eigenvalue weighted by molar-refractivity contribution is 5.97. The van der Waals surface area contributed by atoms with E-state index in [2.05, 4.69) is 15.3 Å². The lowest BCUT2D eigenvalue weighted by molar-refractivity contribution is -0.118. The molecule has 0 aromatic heterocycles. The maximum atomic E-state index is 11.7. The summed E-state index contributed by atoms with van der Waals surface area (Å²) in [7, 11) is 0. The highest BCUT2D eigenvalue weighted by Gasteiger charge is 2.09. The van der Waals surface area contributed by atoms with Crippen LogP contribution in [0, 0.1) is 5.92 Å². The number of nitrogens with one attached hydrogen (secondary N) is 1. The molecule has 0 radical (unpaired) electrons. The minimum absolute atomic E-state index is 0.0776. The first kappa shape index (κ1) is 14.5. The summed E-state index contributed by atoms with van der Waals surface area (Å²) in [6, 6.07) is 6.98. The molecule has 7 nitrogen and oxygen atoms in total. The van der Waals surface area contributed by atoms with Crippen molar-refractivity contribution >= 4 is 29.2 Å². The summed E-state index contributed by atoms with van der Waals surface area (Å²) in [5, 5.41) is 2.76. The second-order valence-corrected chi connectivity index (χ2v) is 4.17. The van der Waals surface area contributed by atoms with Crippen LogP contribution in [0.2, 0.25) is 0 Å². The maximum Gasteiger partial charge on any atom is 0.226 e. The lowest BCUT2D eigenvalue weighted by Crippen LogP contribution is -2.26. The summed E-state index contributed by atoms with van der Waals surface area (Å²) in [5.41, 5.74) is 17.0. The number of para-hydroxylation sites is 2. The summed E-state index contributed by atoms with van der Waals surface area (Å²) in [5.74, 6) is -0.494. The molecule has 19 heavy (non-hydrogen) atoms. The number of guanidine groups is 2. The Morgan fingerprint density at radius 2 is 1.84 bits per heavy atom. The van der Waals surface area contributed by atoms with Crippen LogP contribution >= 0.6 is 0 Å². The van der Waals surface area contributed by atoms with Crippen LogP contribution < -0.4 is 22.5 Å². The van der Waals surface area contributed by atoms with Crippen molar-refractivity contribution in [3.8, 4) is 0 Å². The predicted octanol–water partition coefficient (Wildman–Crippen LogP) is 0.501. The van der Waals surface area contributed by atoms with E-state index >= 15 is 0 Å². The summed E-state index contributed by atoms with van der Waals surface area (Å²) in [6.07, 6.45) is 0. The summed E-state index contributed by atoms with van der Waals surface area (Å²) < 4.78 is 0. The van der Waals surface area contributed by atoms with E-state index in [0.717, 1.165) is 0 Å². The Kier molecular flexibility index (Phi) is 4.87. The fourth-order valence-electron chi connectivity index (χ4n) is 1.23. The average Bonchev–Trinajstić information content (AvgIpc) is 2.30. The van der Waals surface area contributed by atoms with E-state index in [1.165, 1.54) is 0 Å². The molecule has 0 spiro atoms. The van der Waals surface area contributed by atoms with Gasteiger partial charge in [-0.2, -0.15) is 4.99 Å². The van der Waals surface area contributed by atoms with Gasteiger partial charge in [-0.15, -0.1) is 0 Å². The zero-order valence-electron chi connectivity index (χ0n) is 10.9. The minimum atomic E-state index is -0.176. The lowest BCUT2D eigenvalue weighted by atomic mass is 10.2. The molecule has 0 saturated heterocycles. The lowest BCUT2D eigenvalue weighted by Gasteiger charge is -2.09. The standard InChI is InChI=1S/C12H18N6O/c1-7(2)10(19)16-8-5-3-4-6-9(8)17-12(15)18-11(13)14/h3-7H,1-2H3,(H,16,19)(H6,13,14,15,17,18). The van der Waals surface area contributed by atoms with E-state index in [0.29, 0.717) is 11.4 Å². The SMILES string of the molecule is CC(C)C(=O)Nc1ccccc1N=C(N)N=C(N)N. The monoisotopic (exact) mass is 262 g/mol. The molecule has 0 fully saturated rings. The third kappa shape index (κ3) is 4.66. The molecule has 0 aliphatic carbocycles. The maximum absolute atomic E-state index is 11.7. The number of anilines is 1. The number of nitrogens with zero attached hydrogens (tertiary/aromatic N) is 2. The Bertz CT molecular complexity index is 517. The van der Waals surface area contributed by atoms with Crippen molar-refractivity contribution < 1.29 is 4.79 Å². The second-order valence-electron chi connectivity index (χ2n) is 4.17. The topological polar surface area (TPSA) is 132 Å². The second kappa shape index (κ2) is 6.39. The number of carbonyl (C=O) groups excluding carboxylic acids is 1. The van der Waals surface area contributed by atoms with Gasteiger partial charge in [0, 0.05) is 5.92 Å². The molecular weight excluding hydrogens is 244 g/mol. The molecule has 7 N–H and O–H groups in total. The molecule has 1 rings (SSSR count). The fourth-order valence-corrected chi connectivity index (χ4v) is 1.23. The van der Waals surface area contributed by atoms with Gasteiger partial charge in [0.15, 0.2) is 5.96 Å². The highest BCUT2D eigenvalue weighted by atomic mass is 16.1. The number of aliphatic imine (C=N–C) groups is 2. The van der Waals surface area contributed by atoms with Crippen LogP contribution in [-0.4, -0.2) is 17.8 Å². The minimum Gasteiger partial charge on any atom is -0.370 e. The molecule has 0 heterocycles. The van der Waals surface area contributed by atoms with Crippen LogP contribution in [0.1, 0.15) is 13.8 Å². The Labute approximate surface area is 111 Å². The quantitative estimate of drug-likeness (QED) is 0.466. The Morgan fingerprint density at radius 1 is 1.21 bits per heavy atom. The normalized spacial score (nSPS) is 11.2. The zero-order chi connectivity index (χ0) is 14.4. The molecule has 0 bridgehead atoms. The van der Waals surface area contributed by atoms with Crippen LogP contribution in [0.25, 0.3) is 0 Å². The van der Waals surface area contributed by atoms with Gasteiger partial charge < -0.3 is 22.5 Å². The molecule has 0 saturated carbocycles. The molecule has 102 valence electrons. The van der Waals surface area contributed by atoms with Crippen molar-refractivity contribution in [1.82, 2.24) is 0 Å². The molecular formula is C12H18N6O. The van der Waals surface area contributed by atoms with Gasteiger partial charge in [0.2, 0.25) is 11.9 Å². The van der Waals surface area contributed by atoms with E-state index in [-0.39, 0.29) is 23.7 Å². The first-order valence-corrected chi connectivity index (χ1v) is 5.74. The number of nitrogens with two attached hydrogens (primary N) is 3. The van der Waals surface area contributed by atoms with E-state index in [9.17, 15) is 4.79 Å². The van der Waals surface area contributed by atoms with Crippen molar-refractivity contribution in [2.45, 2.75) is 13.8 Å². The van der Waals surface area contributed by atoms with Crippen molar-refractivity contribution in [2.75, 3.05) is 5.32 Å². The highest BCUT2D eigenvalue weighted by Crippen LogP contribution is 2.24. The molecule has 7 heteroatoms. The molecule has 0 aliphatic rings. The van der Waals surface area contributed by atoms with Crippen molar-refractivity contribution in [2.24, 2.45) is 33.1 Å². The van der Waals surface area contributed by atoms with E-state index in [1.54, 1.807) is 38.1 Å². The molecule has 0 aliphatic heterocycles. The Morgan fingerprint density at radius 3 is 2.42 bits per heavy atom. The number of benzene rings is 1. The third-order valence-electron chi connectivity index (χ3n) is 2.16. The molecule has 1 aromatic carbocycles. The van der Waals surface area contributed by atoms with E-state index in [1.807, 2.05) is 0 Å². The fraction of sp³-hybridized carbons (Fsp3) is 0.250. The van der Waals surface area contributed by atoms with Crippen LogP contribution in [0.3, 0.4) is 0 Å². The summed E-state index contributed by atoms with van der Waals surface area (Å²) in [4.78, 5) is 19.3. The number of carbonyl (C=O) groups is 1. The first-order valence-electron chi connectivity index (χ1n) is 5.74. The molecule has 0 unspecified atom stereocenters.